The molecule has 2 aromatic heterocycles. The largest absolute Gasteiger partial charge is 0.465 e. The molecule has 18 heavy (non-hydrogen) atoms. The number of halogens is 1. The highest BCUT2D eigenvalue weighted by molar-refractivity contribution is 7.80. The summed E-state index contributed by atoms with van der Waals surface area (Å²) in [5, 5.41) is 7.06. The number of nitrogens with one attached hydrogen (secondary N) is 2. The van der Waals surface area contributed by atoms with E-state index in [1.54, 1.807) is 18.3 Å². The molecule has 0 amide bonds. The van der Waals surface area contributed by atoms with E-state index in [4.69, 9.17) is 28.2 Å². The molecule has 0 radical (unpaired) electrons. The minimum atomic E-state index is 0.485. The van der Waals surface area contributed by atoms with Crippen molar-refractivity contribution in [2.24, 2.45) is 0 Å². The van der Waals surface area contributed by atoms with Gasteiger partial charge in [-0.2, -0.15) is 0 Å². The van der Waals surface area contributed by atoms with Crippen molar-refractivity contribution in [3.05, 3.63) is 47.0 Å². The van der Waals surface area contributed by atoms with Gasteiger partial charge in [-0.15, -0.1) is 0 Å². The lowest BCUT2D eigenvalue weighted by Gasteiger charge is -2.08. The number of furan rings is 1. The molecule has 0 bridgehead atoms. The van der Waals surface area contributed by atoms with Gasteiger partial charge in [-0.3, -0.25) is 0 Å². The van der Waals surface area contributed by atoms with Gasteiger partial charge in [0.25, 0.3) is 0 Å². The van der Waals surface area contributed by atoms with Gasteiger partial charge in [-0.25, -0.2) is 4.98 Å². The maximum absolute atomic E-state index is 5.74. The lowest BCUT2D eigenvalue weighted by molar-refractivity contribution is 0.478. The second kappa shape index (κ2) is 5.84. The summed E-state index contributed by atoms with van der Waals surface area (Å²) in [6, 6.07) is 7.32. The van der Waals surface area contributed by atoms with E-state index in [-0.39, 0.29) is 0 Å². The number of aryl methyl sites for hydroxylation is 1. The molecule has 4 nitrogen and oxygen atoms in total. The van der Waals surface area contributed by atoms with Crippen LogP contribution < -0.4 is 10.6 Å². The summed E-state index contributed by atoms with van der Waals surface area (Å²) < 4.78 is 5.42. The third-order valence-electron chi connectivity index (χ3n) is 2.19. The van der Waals surface area contributed by atoms with E-state index in [0.717, 1.165) is 11.5 Å². The molecular formula is C12H12ClN3OS. The average molecular weight is 282 g/mol. The molecule has 0 aliphatic heterocycles. The number of anilines is 1. The molecular weight excluding hydrogens is 270 g/mol. The van der Waals surface area contributed by atoms with E-state index in [2.05, 4.69) is 15.6 Å². The fourth-order valence-corrected chi connectivity index (χ4v) is 1.65. The minimum absolute atomic E-state index is 0.485. The predicted octanol–water partition coefficient (Wildman–Crippen LogP) is 3.12. The molecule has 6 heteroatoms. The highest BCUT2D eigenvalue weighted by Crippen LogP contribution is 2.09. The molecule has 0 saturated carbocycles. The Morgan fingerprint density at radius 3 is 2.83 bits per heavy atom. The topological polar surface area (TPSA) is 50.1 Å². The first-order valence-electron chi connectivity index (χ1n) is 5.35. The summed E-state index contributed by atoms with van der Waals surface area (Å²) in [5.41, 5.74) is 0. The first kappa shape index (κ1) is 12.9. The summed E-state index contributed by atoms with van der Waals surface area (Å²) in [6.45, 7) is 2.44. The number of aromatic nitrogens is 1. The van der Waals surface area contributed by atoms with Crippen molar-refractivity contribution < 1.29 is 4.42 Å². The van der Waals surface area contributed by atoms with Crippen LogP contribution in [0, 0.1) is 6.92 Å². The predicted molar refractivity (Wildman–Crippen MR) is 75.8 cm³/mol. The van der Waals surface area contributed by atoms with Gasteiger partial charge in [0.2, 0.25) is 0 Å². The number of nitrogens with zero attached hydrogens (tertiary/aromatic N) is 1. The van der Waals surface area contributed by atoms with Crippen molar-refractivity contribution in [1.82, 2.24) is 10.3 Å². The van der Waals surface area contributed by atoms with Crippen LogP contribution in [0.1, 0.15) is 11.5 Å². The number of rotatable bonds is 3. The Morgan fingerprint density at radius 1 is 1.39 bits per heavy atom. The second-order valence-electron chi connectivity index (χ2n) is 3.68. The van der Waals surface area contributed by atoms with Crippen LogP contribution in [0.5, 0.6) is 0 Å². The van der Waals surface area contributed by atoms with Gasteiger partial charge in [-0.05, 0) is 43.4 Å². The SMILES string of the molecule is Cc1ccc(CNC(=S)Nc2ccc(Cl)cn2)o1. The van der Waals surface area contributed by atoms with Crippen LogP contribution in [0.3, 0.4) is 0 Å². The Labute approximate surface area is 115 Å². The summed E-state index contributed by atoms with van der Waals surface area (Å²) in [4.78, 5) is 4.08. The van der Waals surface area contributed by atoms with Crippen LogP contribution in [0.15, 0.2) is 34.9 Å². The fourth-order valence-electron chi connectivity index (χ4n) is 1.36. The van der Waals surface area contributed by atoms with Crippen LogP contribution in [-0.2, 0) is 6.54 Å². The van der Waals surface area contributed by atoms with Crippen LogP contribution in [0.4, 0.5) is 5.82 Å². The zero-order valence-electron chi connectivity index (χ0n) is 9.74. The standard InChI is InChI=1S/C12H12ClN3OS/c1-8-2-4-10(17-8)7-15-12(18)16-11-5-3-9(13)6-14-11/h2-6H,7H2,1H3,(H2,14,15,16,18). The molecule has 0 aliphatic carbocycles. The molecule has 0 atom stereocenters. The second-order valence-corrected chi connectivity index (χ2v) is 4.53. The summed E-state index contributed by atoms with van der Waals surface area (Å²) in [6.07, 6.45) is 1.56. The highest BCUT2D eigenvalue weighted by atomic mass is 35.5. The molecule has 94 valence electrons. The Kier molecular flexibility index (Phi) is 4.17. The van der Waals surface area contributed by atoms with Crippen molar-refractivity contribution in [3.8, 4) is 0 Å². The van der Waals surface area contributed by atoms with Gasteiger partial charge in [0.15, 0.2) is 5.11 Å². The zero-order valence-corrected chi connectivity index (χ0v) is 11.3. The molecule has 2 rings (SSSR count). The molecule has 0 unspecified atom stereocenters. The summed E-state index contributed by atoms with van der Waals surface area (Å²) >= 11 is 10.9. The Hall–Kier alpha value is -1.59. The van der Waals surface area contributed by atoms with E-state index in [1.165, 1.54) is 0 Å². The zero-order chi connectivity index (χ0) is 13.0. The molecule has 2 aromatic rings. The lowest BCUT2D eigenvalue weighted by Crippen LogP contribution is -2.28. The Morgan fingerprint density at radius 2 is 2.22 bits per heavy atom. The minimum Gasteiger partial charge on any atom is -0.465 e. The molecule has 2 N–H and O–H groups in total. The van der Waals surface area contributed by atoms with E-state index in [9.17, 15) is 0 Å². The molecule has 0 aromatic carbocycles. The average Bonchev–Trinajstić information content (AvgIpc) is 2.76. The first-order chi connectivity index (χ1) is 8.63. The summed E-state index contributed by atoms with van der Waals surface area (Å²) in [5.74, 6) is 2.36. The number of thiocarbonyl (C=S) groups is 1. The van der Waals surface area contributed by atoms with E-state index >= 15 is 0 Å². The van der Waals surface area contributed by atoms with Crippen molar-refractivity contribution in [2.45, 2.75) is 13.5 Å². The maximum atomic E-state index is 5.74. The van der Waals surface area contributed by atoms with Crippen LogP contribution >= 0.6 is 23.8 Å². The normalized spacial score (nSPS) is 10.1. The van der Waals surface area contributed by atoms with Crippen molar-refractivity contribution in [1.29, 1.82) is 0 Å². The van der Waals surface area contributed by atoms with Gasteiger partial charge >= 0.3 is 0 Å². The smallest absolute Gasteiger partial charge is 0.172 e. The van der Waals surface area contributed by atoms with Crippen molar-refractivity contribution in [2.75, 3.05) is 5.32 Å². The number of hydrogen-bond acceptors (Lipinski definition) is 3. The third-order valence-corrected chi connectivity index (χ3v) is 2.66. The first-order valence-corrected chi connectivity index (χ1v) is 6.14. The fraction of sp³-hybridized carbons (Fsp3) is 0.167. The Balaban J connectivity index is 1.83. The van der Waals surface area contributed by atoms with E-state index < -0.39 is 0 Å². The number of pyridine rings is 1. The van der Waals surface area contributed by atoms with Gasteiger partial charge in [0, 0.05) is 6.20 Å². The third kappa shape index (κ3) is 3.72. The maximum Gasteiger partial charge on any atom is 0.172 e. The van der Waals surface area contributed by atoms with E-state index in [0.29, 0.717) is 22.5 Å². The lowest BCUT2D eigenvalue weighted by atomic mass is 10.4. The van der Waals surface area contributed by atoms with Gasteiger partial charge in [-0.1, -0.05) is 11.6 Å². The molecule has 2 heterocycles. The van der Waals surface area contributed by atoms with Crippen molar-refractivity contribution >= 4 is 34.7 Å². The molecule has 0 fully saturated rings. The number of hydrogen-bond donors (Lipinski definition) is 2. The summed E-state index contributed by atoms with van der Waals surface area (Å²) in [7, 11) is 0. The van der Waals surface area contributed by atoms with Gasteiger partial charge < -0.3 is 15.1 Å². The van der Waals surface area contributed by atoms with Crippen LogP contribution in [0.2, 0.25) is 5.02 Å². The highest BCUT2D eigenvalue weighted by Gasteiger charge is 2.01. The molecule has 0 spiro atoms. The van der Waals surface area contributed by atoms with Gasteiger partial charge in [0.1, 0.15) is 17.3 Å². The monoisotopic (exact) mass is 281 g/mol. The quantitative estimate of drug-likeness (QED) is 0.847. The van der Waals surface area contributed by atoms with E-state index in [1.807, 2.05) is 19.1 Å². The molecule has 0 saturated heterocycles. The van der Waals surface area contributed by atoms with Gasteiger partial charge in [0.05, 0.1) is 11.6 Å². The van der Waals surface area contributed by atoms with Crippen molar-refractivity contribution in [3.63, 3.8) is 0 Å². The Bertz CT molecular complexity index is 539. The van der Waals surface area contributed by atoms with Crippen LogP contribution in [-0.4, -0.2) is 10.1 Å². The molecule has 0 aliphatic rings. The van der Waals surface area contributed by atoms with Crippen LogP contribution in [0.25, 0.3) is 0 Å².